The first-order valence-electron chi connectivity index (χ1n) is 4.53. The summed E-state index contributed by atoms with van der Waals surface area (Å²) in [5.74, 6) is 0.300. The third-order valence-corrected chi connectivity index (χ3v) is 1.87. The minimum absolute atomic E-state index is 0.131. The van der Waals surface area contributed by atoms with Crippen LogP contribution in [0.5, 0.6) is 0 Å². The van der Waals surface area contributed by atoms with Gasteiger partial charge in [-0.15, -0.1) is 0 Å². The highest BCUT2D eigenvalue weighted by molar-refractivity contribution is 5.96. The maximum atomic E-state index is 11.7. The summed E-state index contributed by atoms with van der Waals surface area (Å²) >= 11 is 0. The van der Waals surface area contributed by atoms with Crippen LogP contribution in [0.25, 0.3) is 0 Å². The average Bonchev–Trinajstić information content (AvgIpc) is 2.56. The Kier molecular flexibility index (Phi) is 3.24. The quantitative estimate of drug-likeness (QED) is 0.755. The molecule has 0 fully saturated rings. The summed E-state index contributed by atoms with van der Waals surface area (Å²) in [6.07, 6.45) is 1.41. The molecule has 2 N–H and O–H groups in total. The lowest BCUT2D eigenvalue weighted by atomic mass is 10.1. The molecule has 0 radical (unpaired) electrons. The lowest BCUT2D eigenvalue weighted by Crippen LogP contribution is -2.49. The van der Waals surface area contributed by atoms with Gasteiger partial charge in [0.25, 0.3) is 0 Å². The summed E-state index contributed by atoms with van der Waals surface area (Å²) in [4.78, 5) is 11.7. The molecule has 0 aliphatic carbocycles. The van der Waals surface area contributed by atoms with Gasteiger partial charge in [-0.05, 0) is 20.4 Å². The van der Waals surface area contributed by atoms with Gasteiger partial charge in [-0.1, -0.05) is 12.1 Å². The second-order valence-electron chi connectivity index (χ2n) is 3.49. The van der Waals surface area contributed by atoms with Crippen molar-refractivity contribution in [2.75, 3.05) is 11.9 Å². The fourth-order valence-corrected chi connectivity index (χ4v) is 1.07. The van der Waals surface area contributed by atoms with Crippen molar-refractivity contribution in [3.63, 3.8) is 0 Å². The van der Waals surface area contributed by atoms with Gasteiger partial charge < -0.3 is 15.2 Å². The minimum atomic E-state index is -0.603. The standard InChI is InChI=1S/C9H15N3O2/c1-4-10-9(2,3)8(13)11-7-5-6-14-12-7/h5-6,10H,4H2,1-3H3,(H,11,12,13). The second-order valence-corrected chi connectivity index (χ2v) is 3.49. The van der Waals surface area contributed by atoms with Crippen LogP contribution >= 0.6 is 0 Å². The predicted octanol–water partition coefficient (Wildman–Crippen LogP) is 1.00. The molecule has 78 valence electrons. The second kappa shape index (κ2) is 4.23. The topological polar surface area (TPSA) is 67.2 Å². The molecular formula is C9H15N3O2. The van der Waals surface area contributed by atoms with E-state index in [0.717, 1.165) is 6.54 Å². The minimum Gasteiger partial charge on any atom is -0.363 e. The van der Waals surface area contributed by atoms with Crippen LogP contribution in [0.3, 0.4) is 0 Å². The van der Waals surface area contributed by atoms with Crippen LogP contribution in [0.4, 0.5) is 5.82 Å². The number of carbonyl (C=O) groups is 1. The molecule has 5 heteroatoms. The monoisotopic (exact) mass is 197 g/mol. The van der Waals surface area contributed by atoms with E-state index in [1.807, 2.05) is 20.8 Å². The van der Waals surface area contributed by atoms with Crippen molar-refractivity contribution >= 4 is 11.7 Å². The molecule has 0 spiro atoms. The molecule has 14 heavy (non-hydrogen) atoms. The van der Waals surface area contributed by atoms with Crippen molar-refractivity contribution < 1.29 is 9.32 Å². The molecule has 1 aromatic rings. The third kappa shape index (κ3) is 2.56. The van der Waals surface area contributed by atoms with Crippen LogP contribution in [-0.4, -0.2) is 23.1 Å². The molecule has 1 heterocycles. The van der Waals surface area contributed by atoms with Crippen LogP contribution < -0.4 is 10.6 Å². The van der Waals surface area contributed by atoms with Gasteiger partial charge in [0.05, 0.1) is 5.54 Å². The van der Waals surface area contributed by atoms with Crippen molar-refractivity contribution in [2.24, 2.45) is 0 Å². The largest absolute Gasteiger partial charge is 0.363 e. The van der Waals surface area contributed by atoms with Crippen molar-refractivity contribution in [2.45, 2.75) is 26.3 Å². The summed E-state index contributed by atoms with van der Waals surface area (Å²) in [7, 11) is 0. The van der Waals surface area contributed by atoms with E-state index in [0.29, 0.717) is 5.82 Å². The molecule has 0 aliphatic rings. The fourth-order valence-electron chi connectivity index (χ4n) is 1.07. The first-order chi connectivity index (χ1) is 6.56. The van der Waals surface area contributed by atoms with Crippen molar-refractivity contribution in [3.05, 3.63) is 12.3 Å². The van der Waals surface area contributed by atoms with Gasteiger partial charge in [0.1, 0.15) is 6.26 Å². The summed E-state index contributed by atoms with van der Waals surface area (Å²) in [6.45, 7) is 6.31. The van der Waals surface area contributed by atoms with Gasteiger partial charge in [0.15, 0.2) is 5.82 Å². The molecule has 0 saturated heterocycles. The van der Waals surface area contributed by atoms with E-state index < -0.39 is 5.54 Å². The summed E-state index contributed by atoms with van der Waals surface area (Å²) in [6, 6.07) is 1.60. The van der Waals surface area contributed by atoms with Crippen LogP contribution in [0.15, 0.2) is 16.9 Å². The van der Waals surface area contributed by atoms with Gasteiger partial charge in [-0.2, -0.15) is 0 Å². The van der Waals surface area contributed by atoms with E-state index >= 15 is 0 Å². The molecule has 1 amide bonds. The number of aromatic nitrogens is 1. The Hall–Kier alpha value is -1.36. The number of carbonyl (C=O) groups excluding carboxylic acids is 1. The number of rotatable bonds is 4. The van der Waals surface area contributed by atoms with Gasteiger partial charge in [-0.25, -0.2) is 0 Å². The van der Waals surface area contributed by atoms with E-state index in [-0.39, 0.29) is 5.91 Å². The molecular weight excluding hydrogens is 182 g/mol. The van der Waals surface area contributed by atoms with E-state index in [1.54, 1.807) is 6.07 Å². The first kappa shape index (κ1) is 10.7. The molecule has 0 unspecified atom stereocenters. The highest BCUT2D eigenvalue weighted by Gasteiger charge is 2.26. The first-order valence-corrected chi connectivity index (χ1v) is 4.53. The highest BCUT2D eigenvalue weighted by Crippen LogP contribution is 2.07. The normalized spacial score (nSPS) is 11.4. The number of likely N-dealkylation sites (N-methyl/N-ethyl adjacent to an activating group) is 1. The van der Waals surface area contributed by atoms with Crippen LogP contribution in [0.2, 0.25) is 0 Å². The Balaban J connectivity index is 2.57. The average molecular weight is 197 g/mol. The zero-order chi connectivity index (χ0) is 10.6. The lowest BCUT2D eigenvalue weighted by molar-refractivity contribution is -0.121. The number of anilines is 1. The summed E-state index contributed by atoms with van der Waals surface area (Å²) in [5, 5.41) is 9.30. The van der Waals surface area contributed by atoms with Crippen molar-refractivity contribution in [3.8, 4) is 0 Å². The molecule has 1 aromatic heterocycles. The zero-order valence-corrected chi connectivity index (χ0v) is 8.63. The van der Waals surface area contributed by atoms with Crippen LogP contribution in [0, 0.1) is 0 Å². The maximum Gasteiger partial charge on any atom is 0.245 e. The molecule has 0 bridgehead atoms. The van der Waals surface area contributed by atoms with Gasteiger partial charge in [-0.3, -0.25) is 4.79 Å². The van der Waals surface area contributed by atoms with Crippen molar-refractivity contribution in [1.29, 1.82) is 0 Å². The summed E-state index contributed by atoms with van der Waals surface area (Å²) < 4.78 is 4.60. The Bertz CT molecular complexity index is 293. The highest BCUT2D eigenvalue weighted by atomic mass is 16.5. The lowest BCUT2D eigenvalue weighted by Gasteiger charge is -2.23. The molecule has 0 aliphatic heterocycles. The van der Waals surface area contributed by atoms with Gasteiger partial charge in [0.2, 0.25) is 5.91 Å². The van der Waals surface area contributed by atoms with E-state index in [4.69, 9.17) is 0 Å². The molecule has 0 saturated carbocycles. The van der Waals surface area contributed by atoms with Crippen LogP contribution in [0.1, 0.15) is 20.8 Å². The zero-order valence-electron chi connectivity index (χ0n) is 8.63. The van der Waals surface area contributed by atoms with Gasteiger partial charge >= 0.3 is 0 Å². The maximum absolute atomic E-state index is 11.7. The Morgan fingerprint density at radius 2 is 2.36 bits per heavy atom. The van der Waals surface area contributed by atoms with E-state index in [1.165, 1.54) is 6.26 Å². The molecule has 1 rings (SSSR count). The molecule has 0 atom stereocenters. The third-order valence-electron chi connectivity index (χ3n) is 1.87. The number of hydrogen-bond donors (Lipinski definition) is 2. The fraction of sp³-hybridized carbons (Fsp3) is 0.556. The predicted molar refractivity (Wildman–Crippen MR) is 52.9 cm³/mol. The SMILES string of the molecule is CCNC(C)(C)C(=O)Nc1ccon1. The van der Waals surface area contributed by atoms with Gasteiger partial charge in [0, 0.05) is 6.07 Å². The van der Waals surface area contributed by atoms with Crippen LogP contribution in [-0.2, 0) is 4.79 Å². The number of hydrogen-bond acceptors (Lipinski definition) is 4. The number of amides is 1. The Morgan fingerprint density at radius 1 is 1.64 bits per heavy atom. The number of nitrogens with one attached hydrogen (secondary N) is 2. The Morgan fingerprint density at radius 3 is 2.86 bits per heavy atom. The van der Waals surface area contributed by atoms with E-state index in [2.05, 4.69) is 20.3 Å². The summed E-state index contributed by atoms with van der Waals surface area (Å²) in [5.41, 5.74) is -0.603. The molecule has 0 aromatic carbocycles. The Labute approximate surface area is 82.8 Å². The van der Waals surface area contributed by atoms with Crippen molar-refractivity contribution in [1.82, 2.24) is 10.5 Å². The van der Waals surface area contributed by atoms with E-state index in [9.17, 15) is 4.79 Å². The number of nitrogens with zero attached hydrogens (tertiary/aromatic N) is 1. The molecule has 5 nitrogen and oxygen atoms in total. The smallest absolute Gasteiger partial charge is 0.245 e.